The predicted molar refractivity (Wildman–Crippen MR) is 23.6 cm³/mol. The molecule has 0 heterocycles. The zero-order valence-corrected chi connectivity index (χ0v) is 6.82. The summed E-state index contributed by atoms with van der Waals surface area (Å²) < 4.78 is 0. The molecule has 1 nitrogen and oxygen atoms in total. The van der Waals surface area contributed by atoms with Crippen molar-refractivity contribution < 1.29 is 32.7 Å². The van der Waals surface area contributed by atoms with Gasteiger partial charge in [0.2, 0.25) is 0 Å². The topological polar surface area (TPSA) is 26.0 Å². The van der Waals surface area contributed by atoms with Crippen LogP contribution in [-0.4, -0.2) is 6.54 Å². The summed E-state index contributed by atoms with van der Waals surface area (Å²) in [5, 5.41) is 0. The van der Waals surface area contributed by atoms with Gasteiger partial charge in [-0.25, -0.2) is 0 Å². The molecule has 0 aromatic heterocycles. The van der Waals surface area contributed by atoms with Crippen molar-refractivity contribution in [2.24, 2.45) is 5.73 Å². The molecule has 0 rings (SSSR count). The fourth-order valence-electron chi connectivity index (χ4n) is 0.144. The van der Waals surface area contributed by atoms with E-state index in [0.29, 0.717) is 0 Å². The zero-order chi connectivity index (χ0) is 4.12. The van der Waals surface area contributed by atoms with Crippen molar-refractivity contribution in [3.8, 4) is 0 Å². The summed E-state index contributed by atoms with van der Waals surface area (Å²) in [6, 6.07) is 0. The first-order valence-corrected chi connectivity index (χ1v) is 1.91. The van der Waals surface area contributed by atoms with Gasteiger partial charge in [-0.3, -0.25) is 0 Å². The van der Waals surface area contributed by atoms with E-state index in [0.717, 1.165) is 19.4 Å². The summed E-state index contributed by atoms with van der Waals surface area (Å²) >= 11 is 0. The number of unbranched alkanes of at least 4 members (excludes halogenated alkanes) is 1. The molecular weight excluding hydrogens is 151 g/mol. The number of nitrogens with two attached hydrogens (primary N) is 1. The van der Waals surface area contributed by atoms with Gasteiger partial charge in [0.05, 0.1) is 0 Å². The molecule has 0 bridgehead atoms. The minimum absolute atomic E-state index is 0. The summed E-state index contributed by atoms with van der Waals surface area (Å²) in [5.74, 6) is 0. The first-order valence-electron chi connectivity index (χ1n) is 1.91. The molecule has 35 valence electrons. The third-order valence-electron chi connectivity index (χ3n) is 0.454. The average molecular weight is 161 g/mol. The zero-order valence-electron chi connectivity index (χ0n) is 3.98. The van der Waals surface area contributed by atoms with E-state index in [9.17, 15) is 0 Å². The number of hydrogen-bond donors (Lipinski definition) is 1. The Balaban J connectivity index is 0. The smallest absolute Gasteiger partial charge is 0 e. The second-order valence-corrected chi connectivity index (χ2v) is 0.996. The first kappa shape index (κ1) is 10.1. The molecule has 0 aromatic carbocycles. The van der Waals surface area contributed by atoms with Gasteiger partial charge in [-0.05, 0) is 6.54 Å². The monoisotopic (exact) mass is 161 g/mol. The van der Waals surface area contributed by atoms with E-state index in [1.54, 1.807) is 0 Å². The molecule has 0 saturated heterocycles. The fraction of sp³-hybridized carbons (Fsp3) is 0.750. The Labute approximate surface area is 64.6 Å². The molecule has 0 saturated carbocycles. The van der Waals surface area contributed by atoms with Gasteiger partial charge in [0.15, 0.2) is 0 Å². The summed E-state index contributed by atoms with van der Waals surface area (Å²) in [6.45, 7) is 4.38. The maximum Gasteiger partial charge on any atom is 0 e. The first-order chi connectivity index (χ1) is 2.41. The van der Waals surface area contributed by atoms with Gasteiger partial charge >= 0.3 is 0 Å². The van der Waals surface area contributed by atoms with Gasteiger partial charge < -0.3 is 12.7 Å². The molecule has 0 aliphatic rings. The molecule has 0 aromatic rings. The normalized spacial score (nSPS) is 7.00. The van der Waals surface area contributed by atoms with Crippen LogP contribution in [0.3, 0.4) is 0 Å². The van der Waals surface area contributed by atoms with Crippen molar-refractivity contribution in [2.75, 3.05) is 6.54 Å². The molecule has 0 aliphatic carbocycles. The molecular formula is C4H10NY-. The van der Waals surface area contributed by atoms with Gasteiger partial charge in [0, 0.05) is 32.7 Å². The summed E-state index contributed by atoms with van der Waals surface area (Å²) in [7, 11) is 0. The van der Waals surface area contributed by atoms with Crippen molar-refractivity contribution in [3.63, 3.8) is 0 Å². The van der Waals surface area contributed by atoms with Gasteiger partial charge in [-0.15, -0.1) is 0 Å². The van der Waals surface area contributed by atoms with E-state index < -0.39 is 0 Å². The maximum absolute atomic E-state index is 5.10. The molecule has 0 unspecified atom stereocenters. The average Bonchev–Trinajstić information content (AvgIpc) is 1.41. The standard InChI is InChI=1S/C4H10N.Y/c1-2-3-4-5;/h1-5H2;/q-1;. The van der Waals surface area contributed by atoms with Crippen LogP contribution in [0, 0.1) is 6.92 Å². The van der Waals surface area contributed by atoms with Crippen molar-refractivity contribution in [1.29, 1.82) is 0 Å². The van der Waals surface area contributed by atoms with E-state index in [1.165, 1.54) is 0 Å². The van der Waals surface area contributed by atoms with Crippen molar-refractivity contribution >= 4 is 0 Å². The molecule has 6 heavy (non-hydrogen) atoms. The molecule has 1 radical (unpaired) electrons. The number of hydrogen-bond acceptors (Lipinski definition) is 1. The van der Waals surface area contributed by atoms with Crippen LogP contribution in [-0.2, 0) is 32.7 Å². The van der Waals surface area contributed by atoms with E-state index in [-0.39, 0.29) is 32.7 Å². The molecule has 2 heteroatoms. The maximum atomic E-state index is 5.10. The fourth-order valence-corrected chi connectivity index (χ4v) is 0.144. The van der Waals surface area contributed by atoms with Crippen LogP contribution in [0.4, 0.5) is 0 Å². The Hall–Kier alpha value is 1.06. The summed E-state index contributed by atoms with van der Waals surface area (Å²) in [4.78, 5) is 0. The summed E-state index contributed by atoms with van der Waals surface area (Å²) in [5.41, 5.74) is 5.10. The molecule has 0 atom stereocenters. The Kier molecular flexibility index (Phi) is 15.9. The quantitative estimate of drug-likeness (QED) is 0.588. The molecule has 0 spiro atoms. The van der Waals surface area contributed by atoms with Crippen LogP contribution in [0.15, 0.2) is 0 Å². The molecule has 0 fully saturated rings. The predicted octanol–water partition coefficient (Wildman–Crippen LogP) is 0.557. The largest absolute Gasteiger partial charge is 0.343 e. The van der Waals surface area contributed by atoms with Gasteiger partial charge in [-0.1, -0.05) is 6.42 Å². The van der Waals surface area contributed by atoms with E-state index in [2.05, 4.69) is 6.92 Å². The molecule has 0 aliphatic heterocycles. The van der Waals surface area contributed by atoms with Crippen molar-refractivity contribution in [1.82, 2.24) is 0 Å². The minimum Gasteiger partial charge on any atom is -0.343 e. The van der Waals surface area contributed by atoms with Crippen LogP contribution in [0.25, 0.3) is 0 Å². The molecule has 2 N–H and O–H groups in total. The SMILES string of the molecule is [CH2-]CCCN.[Y]. The van der Waals surface area contributed by atoms with Gasteiger partial charge in [0.25, 0.3) is 0 Å². The van der Waals surface area contributed by atoms with Crippen LogP contribution in [0.5, 0.6) is 0 Å². The van der Waals surface area contributed by atoms with E-state index in [4.69, 9.17) is 5.73 Å². The second kappa shape index (κ2) is 9.42. The number of rotatable bonds is 2. The van der Waals surface area contributed by atoms with Crippen LogP contribution >= 0.6 is 0 Å². The Bertz CT molecular complexity index is 15.0. The Morgan fingerprint density at radius 1 is 1.50 bits per heavy atom. The third-order valence-corrected chi connectivity index (χ3v) is 0.454. The molecule has 0 amide bonds. The van der Waals surface area contributed by atoms with Crippen LogP contribution in [0.1, 0.15) is 12.8 Å². The third kappa shape index (κ3) is 8.91. The van der Waals surface area contributed by atoms with Crippen molar-refractivity contribution in [3.05, 3.63) is 6.92 Å². The van der Waals surface area contributed by atoms with E-state index >= 15 is 0 Å². The Morgan fingerprint density at radius 3 is 2.00 bits per heavy atom. The van der Waals surface area contributed by atoms with Crippen LogP contribution < -0.4 is 5.73 Å². The second-order valence-electron chi connectivity index (χ2n) is 0.996. The van der Waals surface area contributed by atoms with Gasteiger partial charge in [0.1, 0.15) is 0 Å². The van der Waals surface area contributed by atoms with E-state index in [1.807, 2.05) is 0 Å². The summed E-state index contributed by atoms with van der Waals surface area (Å²) in [6.07, 6.45) is 2.02. The van der Waals surface area contributed by atoms with Crippen molar-refractivity contribution in [2.45, 2.75) is 12.8 Å². The minimum atomic E-state index is 0. The Morgan fingerprint density at radius 2 is 2.00 bits per heavy atom. The van der Waals surface area contributed by atoms with Gasteiger partial charge in [-0.2, -0.15) is 6.42 Å². The van der Waals surface area contributed by atoms with Crippen LogP contribution in [0.2, 0.25) is 0 Å².